The Morgan fingerprint density at radius 2 is 1.62 bits per heavy atom. The highest BCUT2D eigenvalue weighted by Crippen LogP contribution is 2.40. The summed E-state index contributed by atoms with van der Waals surface area (Å²) in [7, 11) is 0. The van der Waals surface area contributed by atoms with E-state index in [0.29, 0.717) is 25.0 Å². The van der Waals surface area contributed by atoms with Crippen LogP contribution in [0.2, 0.25) is 0 Å². The quantitative estimate of drug-likeness (QED) is 0.348. The third-order valence-electron chi connectivity index (χ3n) is 3.19. The Morgan fingerprint density at radius 1 is 0.917 bits per heavy atom. The fourth-order valence-electron chi connectivity index (χ4n) is 2.11. The average Bonchev–Trinajstić information content (AvgIpc) is 2.98. The van der Waals surface area contributed by atoms with Gasteiger partial charge >= 0.3 is 12.4 Å². The van der Waals surface area contributed by atoms with E-state index in [1.54, 1.807) is 0 Å². The number of benzene rings is 1. The van der Waals surface area contributed by atoms with Gasteiger partial charge in [0.05, 0.1) is 16.0 Å². The lowest BCUT2D eigenvalue weighted by Gasteiger charge is -2.16. The number of thiophene rings is 1. The molecule has 0 saturated carbocycles. The molecule has 0 radical (unpaired) electrons. The summed E-state index contributed by atoms with van der Waals surface area (Å²) in [6.45, 7) is 0. The first-order valence-corrected chi connectivity index (χ1v) is 7.85. The van der Waals surface area contributed by atoms with E-state index in [0.717, 1.165) is 10.9 Å². The molecule has 0 N–H and O–H groups in total. The topological polar surface area (TPSA) is 0 Å². The predicted molar refractivity (Wildman–Crippen MR) is 80.6 cm³/mol. The van der Waals surface area contributed by atoms with Gasteiger partial charge in [-0.05, 0) is 42.0 Å². The van der Waals surface area contributed by atoms with Crippen molar-refractivity contribution in [2.45, 2.75) is 31.6 Å². The maximum Gasteiger partial charge on any atom is 0.417 e. The van der Waals surface area contributed by atoms with Gasteiger partial charge in [-0.15, -0.1) is 11.3 Å². The number of hydrogen-bond donors (Lipinski definition) is 0. The molecule has 2 rings (SSSR count). The molecule has 2 aromatic rings. The maximum absolute atomic E-state index is 12.8. The molecule has 1 aromatic heterocycles. The molecule has 0 spiro atoms. The van der Waals surface area contributed by atoms with Crippen molar-refractivity contribution < 1.29 is 26.3 Å². The number of halogens is 6. The van der Waals surface area contributed by atoms with E-state index in [9.17, 15) is 26.3 Å². The van der Waals surface area contributed by atoms with Gasteiger partial charge in [-0.1, -0.05) is 24.0 Å². The van der Waals surface area contributed by atoms with Crippen molar-refractivity contribution in [2.75, 3.05) is 0 Å². The van der Waals surface area contributed by atoms with Gasteiger partial charge in [0.15, 0.2) is 0 Å². The third-order valence-corrected chi connectivity index (χ3v) is 3.98. The van der Waals surface area contributed by atoms with Crippen molar-refractivity contribution >= 4 is 11.3 Å². The first-order chi connectivity index (χ1) is 11.2. The van der Waals surface area contributed by atoms with Crippen LogP contribution in [0.5, 0.6) is 0 Å². The Bertz CT molecular complexity index is 729. The third kappa shape index (κ3) is 5.03. The van der Waals surface area contributed by atoms with E-state index in [-0.39, 0.29) is 12.0 Å². The molecular weight excluding hydrogens is 350 g/mol. The van der Waals surface area contributed by atoms with E-state index in [1.807, 2.05) is 17.5 Å². The highest BCUT2D eigenvalue weighted by molar-refractivity contribution is 7.10. The summed E-state index contributed by atoms with van der Waals surface area (Å²) in [6.07, 6.45) is -8.91. The fraction of sp³-hybridized carbons (Fsp3) is 0.294. The van der Waals surface area contributed by atoms with Crippen LogP contribution in [0.4, 0.5) is 26.3 Å². The molecule has 0 bridgehead atoms. The second kappa shape index (κ2) is 7.31. The predicted octanol–water partition coefficient (Wildman–Crippen LogP) is 6.16. The number of alkyl halides is 6. The summed E-state index contributed by atoms with van der Waals surface area (Å²) in [5.41, 5.74) is -3.08. The largest absolute Gasteiger partial charge is 0.417 e. The molecule has 0 saturated heterocycles. The Balaban J connectivity index is 2.06. The van der Waals surface area contributed by atoms with Gasteiger partial charge in [0.2, 0.25) is 0 Å². The molecule has 0 atom stereocenters. The standard InChI is InChI=1S/C17H12F6S/c18-16(19,20)14-9-8-12(11-15(14)17(21,22)23)5-2-1-3-6-13-7-4-10-24-13/h4,7-11H,1-2,5H2. The van der Waals surface area contributed by atoms with Gasteiger partial charge in [0.25, 0.3) is 0 Å². The lowest BCUT2D eigenvalue weighted by molar-refractivity contribution is -0.162. The first-order valence-electron chi connectivity index (χ1n) is 6.97. The van der Waals surface area contributed by atoms with Crippen LogP contribution in [0.3, 0.4) is 0 Å². The maximum atomic E-state index is 12.8. The zero-order valence-electron chi connectivity index (χ0n) is 12.3. The molecule has 0 aliphatic heterocycles. The molecule has 7 heteroatoms. The van der Waals surface area contributed by atoms with E-state index in [2.05, 4.69) is 11.8 Å². The van der Waals surface area contributed by atoms with Gasteiger partial charge in [-0.25, -0.2) is 0 Å². The van der Waals surface area contributed by atoms with Crippen LogP contribution >= 0.6 is 11.3 Å². The molecule has 0 fully saturated rings. The summed E-state index contributed by atoms with van der Waals surface area (Å²) in [5.74, 6) is 5.81. The van der Waals surface area contributed by atoms with Gasteiger partial charge in [-0.3, -0.25) is 0 Å². The monoisotopic (exact) mass is 362 g/mol. The van der Waals surface area contributed by atoms with E-state index >= 15 is 0 Å². The normalized spacial score (nSPS) is 11.9. The van der Waals surface area contributed by atoms with E-state index in [4.69, 9.17) is 0 Å². The van der Waals surface area contributed by atoms with Gasteiger partial charge in [0, 0.05) is 6.42 Å². The summed E-state index contributed by atoms with van der Waals surface area (Å²) in [4.78, 5) is 0.892. The van der Waals surface area contributed by atoms with Crippen molar-refractivity contribution in [1.29, 1.82) is 0 Å². The van der Waals surface area contributed by atoms with E-state index in [1.165, 1.54) is 11.3 Å². The van der Waals surface area contributed by atoms with Crippen LogP contribution in [0.15, 0.2) is 35.7 Å². The minimum Gasteiger partial charge on any atom is -0.166 e. The lowest BCUT2D eigenvalue weighted by Crippen LogP contribution is -2.16. The van der Waals surface area contributed by atoms with E-state index < -0.39 is 23.5 Å². The van der Waals surface area contributed by atoms with Crippen molar-refractivity contribution in [2.24, 2.45) is 0 Å². The second-order valence-electron chi connectivity index (χ2n) is 5.01. The molecule has 24 heavy (non-hydrogen) atoms. The smallest absolute Gasteiger partial charge is 0.166 e. The van der Waals surface area contributed by atoms with Crippen LogP contribution in [0.25, 0.3) is 0 Å². The Labute approximate surface area is 139 Å². The van der Waals surface area contributed by atoms with Crippen molar-refractivity contribution in [1.82, 2.24) is 0 Å². The van der Waals surface area contributed by atoms with Crippen molar-refractivity contribution in [3.05, 3.63) is 57.3 Å². The molecule has 0 aliphatic carbocycles. The van der Waals surface area contributed by atoms with Crippen LogP contribution in [0.1, 0.15) is 34.4 Å². The summed E-state index contributed by atoms with van der Waals surface area (Å²) in [5, 5.41) is 1.88. The SMILES string of the molecule is FC(F)(F)c1ccc(CCCC#Cc2cccs2)cc1C(F)(F)F. The number of aryl methyl sites for hydroxylation is 1. The van der Waals surface area contributed by atoms with Crippen LogP contribution < -0.4 is 0 Å². The van der Waals surface area contributed by atoms with Gasteiger partial charge < -0.3 is 0 Å². The first kappa shape index (κ1) is 18.4. The Kier molecular flexibility index (Phi) is 5.60. The van der Waals surface area contributed by atoms with Crippen LogP contribution in [-0.2, 0) is 18.8 Å². The molecular formula is C17H12F6S. The summed E-state index contributed by atoms with van der Waals surface area (Å²) >= 11 is 1.48. The molecule has 0 aliphatic rings. The summed E-state index contributed by atoms with van der Waals surface area (Å²) in [6, 6.07) is 5.87. The molecule has 0 amide bonds. The summed E-state index contributed by atoms with van der Waals surface area (Å²) < 4.78 is 76.6. The number of hydrogen-bond acceptors (Lipinski definition) is 1. The van der Waals surface area contributed by atoms with Crippen LogP contribution in [0, 0.1) is 11.8 Å². The molecule has 1 aromatic carbocycles. The van der Waals surface area contributed by atoms with Crippen molar-refractivity contribution in [3.63, 3.8) is 0 Å². The molecule has 0 nitrogen and oxygen atoms in total. The molecule has 128 valence electrons. The zero-order chi connectivity index (χ0) is 17.8. The highest BCUT2D eigenvalue weighted by atomic mass is 32.1. The fourth-order valence-corrected chi connectivity index (χ4v) is 2.70. The molecule has 1 heterocycles. The van der Waals surface area contributed by atoms with Crippen LogP contribution in [-0.4, -0.2) is 0 Å². The minimum absolute atomic E-state index is 0.216. The van der Waals surface area contributed by atoms with Gasteiger partial charge in [-0.2, -0.15) is 26.3 Å². The Morgan fingerprint density at radius 3 is 2.21 bits per heavy atom. The zero-order valence-corrected chi connectivity index (χ0v) is 13.1. The average molecular weight is 362 g/mol. The molecule has 0 unspecified atom stereocenters. The highest BCUT2D eigenvalue weighted by Gasteiger charge is 2.42. The number of unbranched alkanes of at least 4 members (excludes halogenated alkanes) is 1. The Hall–Kier alpha value is -1.94. The van der Waals surface area contributed by atoms with Crippen molar-refractivity contribution in [3.8, 4) is 11.8 Å². The second-order valence-corrected chi connectivity index (χ2v) is 5.96. The minimum atomic E-state index is -5.04. The van der Waals surface area contributed by atoms with Gasteiger partial charge in [0.1, 0.15) is 0 Å². The lowest BCUT2D eigenvalue weighted by atomic mass is 10.00. The number of rotatable bonds is 3.